The molecule has 202 valence electrons. The van der Waals surface area contributed by atoms with Crippen LogP contribution in [-0.4, -0.2) is 81.0 Å². The lowest BCUT2D eigenvalue weighted by atomic mass is 9.93. The lowest BCUT2D eigenvalue weighted by Crippen LogP contribution is -2.51. The minimum Gasteiger partial charge on any atom is -0.483 e. The maximum atomic E-state index is 13.0. The Balaban J connectivity index is 1.47. The Bertz CT molecular complexity index is 1240. The highest BCUT2D eigenvalue weighted by Gasteiger charge is 2.35. The summed E-state index contributed by atoms with van der Waals surface area (Å²) in [5.74, 6) is -3.69. The van der Waals surface area contributed by atoms with E-state index in [0.717, 1.165) is 19.3 Å². The fourth-order valence-corrected chi connectivity index (χ4v) is 4.55. The van der Waals surface area contributed by atoms with Crippen LogP contribution in [0.5, 0.6) is 5.75 Å². The van der Waals surface area contributed by atoms with E-state index >= 15 is 0 Å². The molecule has 1 saturated carbocycles. The molecule has 0 bridgehead atoms. The smallest absolute Gasteiger partial charge is 0.326 e. The molecule has 1 aromatic carbocycles. The number of aromatic nitrogens is 1. The van der Waals surface area contributed by atoms with Gasteiger partial charge in [-0.3, -0.25) is 19.2 Å². The zero-order valence-corrected chi connectivity index (χ0v) is 20.7. The van der Waals surface area contributed by atoms with E-state index in [1.807, 2.05) is 0 Å². The number of hydrogen-bond donors (Lipinski definition) is 4. The van der Waals surface area contributed by atoms with E-state index in [0.29, 0.717) is 30.3 Å². The van der Waals surface area contributed by atoms with Crippen LogP contribution in [0.4, 0.5) is 0 Å². The number of rotatable bonds is 11. The number of hydrogen-bond acceptors (Lipinski definition) is 7. The van der Waals surface area contributed by atoms with Gasteiger partial charge in [0.2, 0.25) is 5.91 Å². The number of fused-ring (bicyclic) bond motifs is 1. The average Bonchev–Trinajstić information content (AvgIpc) is 3.36. The van der Waals surface area contributed by atoms with Crippen molar-refractivity contribution in [2.45, 2.75) is 63.1 Å². The summed E-state index contributed by atoms with van der Waals surface area (Å²) in [7, 11) is 0. The zero-order valence-electron chi connectivity index (χ0n) is 20.7. The maximum Gasteiger partial charge on any atom is 0.326 e. The molecule has 1 unspecified atom stereocenters. The fraction of sp³-hybridized carbons (Fsp3) is 0.462. The molecule has 1 aliphatic heterocycles. The SMILES string of the molecule is O=C(O)CCC(NC(=O)c1cc(OCC(=O)N2CCC[C@H]2C(=O)NC2CCC2)c2ccccc2n1)C(=O)O. The standard InChI is InChI=1S/C26H30N4O8/c31-22(30-12-4-9-20(30)25(35)27-15-5-3-6-15)14-38-21-13-19(28-17-8-2-1-7-16(17)21)24(34)29-18(26(36)37)10-11-23(32)33/h1-2,7-8,13,15,18,20H,3-6,9-12,14H2,(H,27,35)(H,29,34)(H,32,33)(H,36,37)/t18?,20-/m0/s1. The first-order valence-corrected chi connectivity index (χ1v) is 12.6. The Kier molecular flexibility index (Phi) is 8.39. The normalized spacial score (nSPS) is 17.9. The highest BCUT2D eigenvalue weighted by atomic mass is 16.5. The number of ether oxygens (including phenoxy) is 1. The summed E-state index contributed by atoms with van der Waals surface area (Å²) >= 11 is 0. The Morgan fingerprint density at radius 1 is 1.08 bits per heavy atom. The van der Waals surface area contributed by atoms with Gasteiger partial charge in [0, 0.05) is 30.5 Å². The second-order valence-corrected chi connectivity index (χ2v) is 9.49. The summed E-state index contributed by atoms with van der Waals surface area (Å²) in [5, 5.41) is 24.0. The summed E-state index contributed by atoms with van der Waals surface area (Å²) in [5.41, 5.74) is 0.241. The van der Waals surface area contributed by atoms with E-state index in [1.165, 1.54) is 11.0 Å². The molecule has 1 aromatic heterocycles. The number of benzene rings is 1. The van der Waals surface area contributed by atoms with Crippen molar-refractivity contribution in [3.63, 3.8) is 0 Å². The molecule has 0 spiro atoms. The third kappa shape index (κ3) is 6.36. The molecule has 12 nitrogen and oxygen atoms in total. The predicted molar refractivity (Wildman–Crippen MR) is 134 cm³/mol. The summed E-state index contributed by atoms with van der Waals surface area (Å²) in [6.07, 6.45) is 3.55. The number of carboxylic acid groups (broad SMARTS) is 2. The van der Waals surface area contributed by atoms with Gasteiger partial charge < -0.3 is 30.5 Å². The second kappa shape index (κ2) is 11.9. The van der Waals surface area contributed by atoms with Crippen molar-refractivity contribution >= 4 is 40.6 Å². The largest absolute Gasteiger partial charge is 0.483 e. The van der Waals surface area contributed by atoms with Crippen LogP contribution < -0.4 is 15.4 Å². The van der Waals surface area contributed by atoms with E-state index in [9.17, 15) is 29.1 Å². The zero-order chi connectivity index (χ0) is 27.2. The molecule has 3 amide bonds. The van der Waals surface area contributed by atoms with E-state index < -0.39 is 36.4 Å². The molecular weight excluding hydrogens is 496 g/mol. The summed E-state index contributed by atoms with van der Waals surface area (Å²) in [4.78, 5) is 66.6. The molecule has 2 atom stereocenters. The Hall–Kier alpha value is -4.22. The van der Waals surface area contributed by atoms with Gasteiger partial charge in [-0.25, -0.2) is 9.78 Å². The van der Waals surface area contributed by atoms with Crippen molar-refractivity contribution in [2.24, 2.45) is 0 Å². The third-order valence-corrected chi connectivity index (χ3v) is 6.84. The minimum absolute atomic E-state index is 0.147. The fourth-order valence-electron chi connectivity index (χ4n) is 4.55. The highest BCUT2D eigenvalue weighted by molar-refractivity contribution is 5.99. The third-order valence-electron chi connectivity index (χ3n) is 6.84. The van der Waals surface area contributed by atoms with Crippen molar-refractivity contribution in [2.75, 3.05) is 13.2 Å². The number of pyridine rings is 1. The van der Waals surface area contributed by atoms with Gasteiger partial charge in [0.15, 0.2) is 6.61 Å². The molecule has 4 N–H and O–H groups in total. The van der Waals surface area contributed by atoms with Crippen molar-refractivity contribution < 1.29 is 38.9 Å². The van der Waals surface area contributed by atoms with Crippen LogP contribution in [0.2, 0.25) is 0 Å². The van der Waals surface area contributed by atoms with E-state index in [4.69, 9.17) is 9.84 Å². The second-order valence-electron chi connectivity index (χ2n) is 9.49. The first-order valence-electron chi connectivity index (χ1n) is 12.6. The van der Waals surface area contributed by atoms with E-state index in [1.54, 1.807) is 24.3 Å². The van der Waals surface area contributed by atoms with Crippen LogP contribution in [0.25, 0.3) is 10.9 Å². The van der Waals surface area contributed by atoms with Crippen LogP contribution in [0.1, 0.15) is 55.4 Å². The summed E-state index contributed by atoms with van der Waals surface area (Å²) in [6, 6.07) is 6.32. The van der Waals surface area contributed by atoms with Crippen LogP contribution >= 0.6 is 0 Å². The van der Waals surface area contributed by atoms with Gasteiger partial charge in [0.05, 0.1) is 5.52 Å². The Morgan fingerprint density at radius 3 is 2.53 bits per heavy atom. The van der Waals surface area contributed by atoms with Crippen LogP contribution in [0.15, 0.2) is 30.3 Å². The van der Waals surface area contributed by atoms with Gasteiger partial charge in [-0.15, -0.1) is 0 Å². The lowest BCUT2D eigenvalue weighted by Gasteiger charge is -2.30. The molecular formula is C26H30N4O8. The number of aliphatic carboxylic acids is 2. The molecule has 4 rings (SSSR count). The van der Waals surface area contributed by atoms with Gasteiger partial charge >= 0.3 is 11.9 Å². The molecule has 2 heterocycles. The number of carboxylic acids is 2. The number of para-hydroxylation sites is 1. The van der Waals surface area contributed by atoms with Gasteiger partial charge in [-0.05, 0) is 50.7 Å². The summed E-state index contributed by atoms with van der Waals surface area (Å²) in [6.45, 7) is 0.0846. The van der Waals surface area contributed by atoms with Gasteiger partial charge in [0.25, 0.3) is 11.8 Å². The number of likely N-dealkylation sites (tertiary alicyclic amines) is 1. The molecule has 2 aromatic rings. The number of carbonyl (C=O) groups is 5. The van der Waals surface area contributed by atoms with E-state index in [2.05, 4.69) is 15.6 Å². The summed E-state index contributed by atoms with van der Waals surface area (Å²) < 4.78 is 5.82. The number of nitrogens with one attached hydrogen (secondary N) is 2. The van der Waals surface area contributed by atoms with Gasteiger partial charge in [-0.2, -0.15) is 0 Å². The molecule has 0 radical (unpaired) electrons. The number of amides is 3. The van der Waals surface area contributed by atoms with Crippen LogP contribution in [-0.2, 0) is 19.2 Å². The van der Waals surface area contributed by atoms with Crippen molar-refractivity contribution in [3.05, 3.63) is 36.0 Å². The van der Waals surface area contributed by atoms with Crippen molar-refractivity contribution in [1.29, 1.82) is 0 Å². The highest BCUT2D eigenvalue weighted by Crippen LogP contribution is 2.27. The quantitative estimate of drug-likeness (QED) is 0.336. The monoisotopic (exact) mass is 526 g/mol. The topological polar surface area (TPSA) is 175 Å². The van der Waals surface area contributed by atoms with Crippen LogP contribution in [0, 0.1) is 0 Å². The van der Waals surface area contributed by atoms with Gasteiger partial charge in [0.1, 0.15) is 23.5 Å². The van der Waals surface area contributed by atoms with E-state index in [-0.39, 0.29) is 42.3 Å². The van der Waals surface area contributed by atoms with Crippen molar-refractivity contribution in [3.8, 4) is 5.75 Å². The molecule has 38 heavy (non-hydrogen) atoms. The lowest BCUT2D eigenvalue weighted by molar-refractivity contribution is -0.140. The Morgan fingerprint density at radius 2 is 1.84 bits per heavy atom. The molecule has 1 saturated heterocycles. The minimum atomic E-state index is -1.42. The van der Waals surface area contributed by atoms with Gasteiger partial charge in [-0.1, -0.05) is 12.1 Å². The van der Waals surface area contributed by atoms with Crippen LogP contribution in [0.3, 0.4) is 0 Å². The van der Waals surface area contributed by atoms with Crippen molar-refractivity contribution in [1.82, 2.24) is 20.5 Å². The number of nitrogens with zero attached hydrogens (tertiary/aromatic N) is 2. The molecule has 2 fully saturated rings. The average molecular weight is 527 g/mol. The maximum absolute atomic E-state index is 13.0. The predicted octanol–water partition coefficient (Wildman–Crippen LogP) is 1.32. The first kappa shape index (κ1) is 26.8. The Labute approximate surface area is 218 Å². The molecule has 2 aliphatic rings. The number of carbonyl (C=O) groups excluding carboxylic acids is 3. The molecule has 1 aliphatic carbocycles. The molecule has 12 heteroatoms. The first-order chi connectivity index (χ1) is 18.2.